The number of nitrogen functional groups attached to an aromatic ring is 1. The minimum absolute atomic E-state index is 0.00300. The van der Waals surface area contributed by atoms with Crippen LogP contribution in [0.3, 0.4) is 0 Å². The summed E-state index contributed by atoms with van der Waals surface area (Å²) < 4.78 is 13.8. The van der Waals surface area contributed by atoms with Gasteiger partial charge in [0, 0.05) is 19.1 Å². The fraction of sp³-hybridized carbons (Fsp3) is 0.259. The number of hydrogen-bond donors (Lipinski definition) is 4. The summed E-state index contributed by atoms with van der Waals surface area (Å²) in [6.07, 6.45) is 0.705. The molecule has 0 spiro atoms. The van der Waals surface area contributed by atoms with Gasteiger partial charge in [-0.05, 0) is 41.2 Å². The number of nitrogens with one attached hydrogen (secondary N) is 2. The van der Waals surface area contributed by atoms with Gasteiger partial charge in [-0.1, -0.05) is 61.5 Å². The van der Waals surface area contributed by atoms with Gasteiger partial charge in [0.15, 0.2) is 0 Å². The Morgan fingerprint density at radius 3 is 2.56 bits per heavy atom. The molecule has 6 nitrogen and oxygen atoms in total. The predicted octanol–water partition coefficient (Wildman–Crippen LogP) is 4.84. The topological polar surface area (TPSA) is 111 Å². The highest BCUT2D eigenvalue weighted by Gasteiger charge is 2.15. The molecule has 0 aliphatic rings. The highest BCUT2D eigenvalue weighted by Crippen LogP contribution is 2.25. The molecule has 3 aromatic carbocycles. The van der Waals surface area contributed by atoms with Gasteiger partial charge in [0.2, 0.25) is 0 Å². The van der Waals surface area contributed by atoms with Crippen molar-refractivity contribution >= 4 is 17.3 Å². The van der Waals surface area contributed by atoms with Gasteiger partial charge in [-0.2, -0.15) is 5.26 Å². The van der Waals surface area contributed by atoms with Crippen molar-refractivity contribution in [2.75, 3.05) is 24.1 Å². The Labute approximate surface area is 199 Å². The van der Waals surface area contributed by atoms with E-state index in [4.69, 9.17) is 16.1 Å². The number of nitriles is 1. The van der Waals surface area contributed by atoms with Crippen LogP contribution >= 0.6 is 0 Å². The quantitative estimate of drug-likeness (QED) is 0.305. The molecule has 0 aliphatic carbocycles. The monoisotopic (exact) mass is 460 g/mol. The van der Waals surface area contributed by atoms with E-state index in [1.165, 1.54) is 6.07 Å². The molecule has 3 rings (SSSR count). The molecule has 0 amide bonds. The molecular formula is C27H29FN4O2. The molecule has 0 saturated carbocycles. The normalized spacial score (nSPS) is 12.5. The van der Waals surface area contributed by atoms with E-state index in [0.717, 1.165) is 22.8 Å². The first-order chi connectivity index (χ1) is 16.4. The number of carbonyl (C=O) groups is 1. The standard InChI is InChI=1S/C27H29FN4O2/c1-18(21-9-5-6-19(12-21)13-26(33)34)17-32-24(20-7-3-2-4-8-20)10-11-31-25-15-23(28)14-22(16-29)27(25)30/h2-9,12,14-15,18,24,31-32H,10-11,13,17,30H2,1H3,(H,33,34)/t18?,24-/m0/s1. The number of carboxylic acid groups (broad SMARTS) is 1. The van der Waals surface area contributed by atoms with E-state index < -0.39 is 11.8 Å². The Morgan fingerprint density at radius 1 is 1.12 bits per heavy atom. The molecular weight excluding hydrogens is 431 g/mol. The van der Waals surface area contributed by atoms with E-state index in [0.29, 0.717) is 25.2 Å². The van der Waals surface area contributed by atoms with E-state index in [9.17, 15) is 9.18 Å². The minimum atomic E-state index is -0.847. The van der Waals surface area contributed by atoms with Crippen LogP contribution in [-0.4, -0.2) is 24.2 Å². The average molecular weight is 461 g/mol. The molecule has 0 aromatic heterocycles. The predicted molar refractivity (Wildman–Crippen MR) is 132 cm³/mol. The molecule has 0 aliphatic heterocycles. The summed E-state index contributed by atoms with van der Waals surface area (Å²) in [4.78, 5) is 11.0. The maximum Gasteiger partial charge on any atom is 0.307 e. The molecule has 0 fully saturated rings. The molecule has 0 heterocycles. The molecule has 0 saturated heterocycles. The highest BCUT2D eigenvalue weighted by molar-refractivity contribution is 5.73. The third-order valence-electron chi connectivity index (χ3n) is 5.76. The number of carboxylic acids is 1. The Balaban J connectivity index is 1.66. The summed E-state index contributed by atoms with van der Waals surface area (Å²) in [6, 6.07) is 22.1. The van der Waals surface area contributed by atoms with Crippen LogP contribution in [0.4, 0.5) is 15.8 Å². The first-order valence-electron chi connectivity index (χ1n) is 11.2. The summed E-state index contributed by atoms with van der Waals surface area (Å²) >= 11 is 0. The third kappa shape index (κ3) is 6.80. The van der Waals surface area contributed by atoms with Gasteiger partial charge in [-0.3, -0.25) is 4.79 Å². The van der Waals surface area contributed by atoms with Gasteiger partial charge in [-0.25, -0.2) is 4.39 Å². The van der Waals surface area contributed by atoms with Crippen molar-refractivity contribution in [3.8, 4) is 6.07 Å². The summed E-state index contributed by atoms with van der Waals surface area (Å²) in [6.45, 7) is 3.31. The van der Waals surface area contributed by atoms with Crippen LogP contribution < -0.4 is 16.4 Å². The minimum Gasteiger partial charge on any atom is -0.481 e. The number of benzene rings is 3. The zero-order chi connectivity index (χ0) is 24.5. The lowest BCUT2D eigenvalue weighted by Gasteiger charge is -2.23. The van der Waals surface area contributed by atoms with Crippen molar-refractivity contribution in [2.45, 2.75) is 31.7 Å². The molecule has 0 radical (unpaired) electrons. The maximum absolute atomic E-state index is 13.8. The van der Waals surface area contributed by atoms with Crippen LogP contribution in [0.1, 0.15) is 47.6 Å². The number of nitrogens with zero attached hydrogens (tertiary/aromatic N) is 1. The lowest BCUT2D eigenvalue weighted by atomic mass is 9.96. The highest BCUT2D eigenvalue weighted by atomic mass is 19.1. The SMILES string of the molecule is CC(CN[C@@H](CCNc1cc(F)cc(C#N)c1N)c1ccccc1)c1cccc(CC(=O)O)c1. The van der Waals surface area contributed by atoms with Crippen molar-refractivity contribution in [2.24, 2.45) is 0 Å². The summed E-state index contributed by atoms with van der Waals surface area (Å²) in [5.74, 6) is -1.18. The van der Waals surface area contributed by atoms with Gasteiger partial charge >= 0.3 is 5.97 Å². The zero-order valence-electron chi connectivity index (χ0n) is 19.1. The third-order valence-corrected chi connectivity index (χ3v) is 5.76. The molecule has 1 unspecified atom stereocenters. The van der Waals surface area contributed by atoms with Gasteiger partial charge in [-0.15, -0.1) is 0 Å². The Bertz CT molecular complexity index is 1160. The van der Waals surface area contributed by atoms with E-state index in [1.807, 2.05) is 48.5 Å². The lowest BCUT2D eigenvalue weighted by Crippen LogP contribution is -2.27. The molecule has 0 bridgehead atoms. The lowest BCUT2D eigenvalue weighted by molar-refractivity contribution is -0.136. The number of aliphatic carboxylic acids is 1. The molecule has 2 atom stereocenters. The Hall–Kier alpha value is -3.89. The van der Waals surface area contributed by atoms with E-state index in [1.54, 1.807) is 0 Å². The first-order valence-corrected chi connectivity index (χ1v) is 11.2. The van der Waals surface area contributed by atoms with E-state index in [2.05, 4.69) is 29.7 Å². The molecule has 3 aromatic rings. The van der Waals surface area contributed by atoms with Gasteiger partial charge < -0.3 is 21.5 Å². The number of rotatable bonds is 11. The number of anilines is 2. The van der Waals surface area contributed by atoms with Crippen molar-refractivity contribution in [3.05, 3.63) is 94.8 Å². The van der Waals surface area contributed by atoms with Crippen molar-refractivity contribution in [3.63, 3.8) is 0 Å². The largest absolute Gasteiger partial charge is 0.481 e. The molecule has 176 valence electrons. The van der Waals surface area contributed by atoms with Gasteiger partial charge in [0.25, 0.3) is 0 Å². The number of halogens is 1. The summed E-state index contributed by atoms with van der Waals surface area (Å²) in [5, 5.41) is 25.0. The second-order valence-electron chi connectivity index (χ2n) is 8.33. The molecule has 34 heavy (non-hydrogen) atoms. The fourth-order valence-corrected chi connectivity index (χ4v) is 3.90. The van der Waals surface area contributed by atoms with Crippen molar-refractivity contribution in [1.29, 1.82) is 5.26 Å². The smallest absolute Gasteiger partial charge is 0.307 e. The van der Waals surface area contributed by atoms with Crippen molar-refractivity contribution in [1.82, 2.24) is 5.32 Å². The number of hydrogen-bond acceptors (Lipinski definition) is 5. The Morgan fingerprint density at radius 2 is 1.85 bits per heavy atom. The van der Waals surface area contributed by atoms with Crippen molar-refractivity contribution < 1.29 is 14.3 Å². The Kier molecular flexibility index (Phi) is 8.60. The average Bonchev–Trinajstić information content (AvgIpc) is 2.83. The van der Waals surface area contributed by atoms with Crippen LogP contribution in [0.5, 0.6) is 0 Å². The van der Waals surface area contributed by atoms with Crippen LogP contribution in [0.25, 0.3) is 0 Å². The van der Waals surface area contributed by atoms with Crippen LogP contribution in [0.15, 0.2) is 66.7 Å². The van der Waals surface area contributed by atoms with E-state index in [-0.39, 0.29) is 29.6 Å². The van der Waals surface area contributed by atoms with Crippen LogP contribution in [0, 0.1) is 17.1 Å². The van der Waals surface area contributed by atoms with Crippen LogP contribution in [-0.2, 0) is 11.2 Å². The van der Waals surface area contributed by atoms with E-state index >= 15 is 0 Å². The maximum atomic E-state index is 13.8. The number of nitrogens with two attached hydrogens (primary N) is 1. The zero-order valence-corrected chi connectivity index (χ0v) is 19.1. The second-order valence-corrected chi connectivity index (χ2v) is 8.33. The second kappa shape index (κ2) is 11.8. The fourth-order valence-electron chi connectivity index (χ4n) is 3.90. The molecule has 5 N–H and O–H groups in total. The summed E-state index contributed by atoms with van der Waals surface area (Å²) in [5.41, 5.74) is 9.74. The van der Waals surface area contributed by atoms with Crippen LogP contribution in [0.2, 0.25) is 0 Å². The van der Waals surface area contributed by atoms with Gasteiger partial charge in [0.1, 0.15) is 11.9 Å². The molecule has 7 heteroatoms. The summed E-state index contributed by atoms with van der Waals surface area (Å²) in [7, 11) is 0. The first kappa shape index (κ1) is 24.7. The van der Waals surface area contributed by atoms with Gasteiger partial charge in [0.05, 0.1) is 23.4 Å².